The molecule has 1 saturated carbocycles. The number of nitrogens with one attached hydrogen (secondary N) is 1. The molecule has 112 valence electrons. The van der Waals surface area contributed by atoms with E-state index in [0.29, 0.717) is 23.2 Å². The molecule has 0 radical (unpaired) electrons. The molecule has 0 spiro atoms. The van der Waals surface area contributed by atoms with Crippen LogP contribution in [0.4, 0.5) is 5.69 Å². The van der Waals surface area contributed by atoms with Crippen LogP contribution in [0.1, 0.15) is 45.1 Å². The topological polar surface area (TPSA) is 69.5 Å². The lowest BCUT2D eigenvalue weighted by Gasteiger charge is -2.28. The molecule has 4 heteroatoms. The zero-order valence-corrected chi connectivity index (χ0v) is 12.8. The van der Waals surface area contributed by atoms with E-state index in [9.17, 15) is 4.79 Å². The van der Waals surface area contributed by atoms with Crippen molar-refractivity contribution in [2.75, 3.05) is 5.32 Å². The molecule has 0 aliphatic heterocycles. The van der Waals surface area contributed by atoms with E-state index in [0.717, 1.165) is 0 Å². The fourth-order valence-corrected chi connectivity index (χ4v) is 3.03. The van der Waals surface area contributed by atoms with Gasteiger partial charge in [0.2, 0.25) is 0 Å². The highest BCUT2D eigenvalue weighted by Crippen LogP contribution is 2.21. The van der Waals surface area contributed by atoms with E-state index in [1.165, 1.54) is 25.7 Å². The number of rotatable bonds is 4. The summed E-state index contributed by atoms with van der Waals surface area (Å²) in [5, 5.41) is 14.1. The first-order valence-electron chi connectivity index (χ1n) is 7.76. The molecule has 0 heterocycles. The zero-order valence-electron chi connectivity index (χ0n) is 12.8. The van der Waals surface area contributed by atoms with Crippen LogP contribution in [0, 0.1) is 17.2 Å². The lowest BCUT2D eigenvalue weighted by atomic mass is 9.85. The molecule has 1 amide bonds. The van der Waals surface area contributed by atoms with Crippen LogP contribution in [-0.2, 0) is 4.79 Å². The minimum absolute atomic E-state index is 0.0320. The summed E-state index contributed by atoms with van der Waals surface area (Å²) in [6, 6.07) is 9.61. The van der Waals surface area contributed by atoms with Crippen molar-refractivity contribution in [1.29, 1.82) is 5.26 Å². The summed E-state index contributed by atoms with van der Waals surface area (Å²) in [6.45, 7) is 4.21. The minimum Gasteiger partial charge on any atom is -0.334 e. The summed E-state index contributed by atoms with van der Waals surface area (Å²) in [4.78, 5) is 12.3. The van der Waals surface area contributed by atoms with E-state index < -0.39 is 0 Å². The van der Waals surface area contributed by atoms with Gasteiger partial charge in [-0.15, -0.1) is 0 Å². The van der Waals surface area contributed by atoms with E-state index in [1.807, 2.05) is 13.0 Å². The molecule has 0 bridgehead atoms. The Morgan fingerprint density at radius 2 is 2.10 bits per heavy atom. The van der Waals surface area contributed by atoms with Crippen molar-refractivity contribution >= 4 is 11.6 Å². The zero-order chi connectivity index (χ0) is 15.2. The minimum atomic E-state index is -0.137. The van der Waals surface area contributed by atoms with E-state index in [-0.39, 0.29) is 11.9 Å². The second-order valence-corrected chi connectivity index (χ2v) is 6.05. The molecule has 0 aromatic heterocycles. The first-order chi connectivity index (χ1) is 10.1. The average molecular weight is 286 g/mol. The Hall–Kier alpha value is -1.86. The molecule has 0 saturated heterocycles. The molecule has 2 rings (SSSR count). The Morgan fingerprint density at radius 3 is 2.81 bits per heavy atom. The number of hydrogen-bond donors (Lipinski definition) is 2. The normalized spacial score (nSPS) is 23.1. The number of hydrogen-bond acceptors (Lipinski definition) is 2. The standard InChI is InChI=1S/C17H23N3O/c1-12-7-3-5-9-15(12)19-13(2)17(21)20-16-10-6-4-8-14(16)11-18/h4,6,8,10,12-13,15,19H,3,5,7,9H2,1-2H3,(H,20,21)/p+1/t12-,13-,15+/m0/s1. The van der Waals surface area contributed by atoms with Gasteiger partial charge >= 0.3 is 0 Å². The van der Waals surface area contributed by atoms with Crippen molar-refractivity contribution in [3.8, 4) is 6.07 Å². The third kappa shape index (κ3) is 4.05. The van der Waals surface area contributed by atoms with Crippen LogP contribution < -0.4 is 10.6 Å². The smallest absolute Gasteiger partial charge is 0.282 e. The number of carbonyl (C=O) groups excluding carboxylic acids is 1. The monoisotopic (exact) mass is 286 g/mol. The van der Waals surface area contributed by atoms with Crippen molar-refractivity contribution < 1.29 is 10.1 Å². The van der Waals surface area contributed by atoms with E-state index in [4.69, 9.17) is 5.26 Å². The van der Waals surface area contributed by atoms with Crippen LogP contribution in [0.25, 0.3) is 0 Å². The number of benzene rings is 1. The Morgan fingerprint density at radius 1 is 1.38 bits per heavy atom. The maximum atomic E-state index is 12.3. The molecular weight excluding hydrogens is 262 g/mol. The van der Waals surface area contributed by atoms with Gasteiger partial charge in [0.05, 0.1) is 17.3 Å². The quantitative estimate of drug-likeness (QED) is 0.889. The van der Waals surface area contributed by atoms with E-state index in [2.05, 4.69) is 23.6 Å². The molecule has 4 nitrogen and oxygen atoms in total. The summed E-state index contributed by atoms with van der Waals surface area (Å²) in [5.74, 6) is 0.635. The molecule has 3 atom stereocenters. The lowest BCUT2D eigenvalue weighted by molar-refractivity contribution is -0.714. The Kier molecular flexibility index (Phi) is 5.35. The van der Waals surface area contributed by atoms with E-state index >= 15 is 0 Å². The van der Waals surface area contributed by atoms with Gasteiger partial charge in [-0.2, -0.15) is 5.26 Å². The van der Waals surface area contributed by atoms with Gasteiger partial charge in [0.25, 0.3) is 5.91 Å². The lowest BCUT2D eigenvalue weighted by Crippen LogP contribution is -2.97. The van der Waals surface area contributed by atoms with Crippen molar-refractivity contribution in [3.63, 3.8) is 0 Å². The van der Waals surface area contributed by atoms with Crippen LogP contribution in [0.15, 0.2) is 24.3 Å². The molecule has 1 aliphatic rings. The van der Waals surface area contributed by atoms with Gasteiger partial charge < -0.3 is 10.6 Å². The van der Waals surface area contributed by atoms with Crippen molar-refractivity contribution in [3.05, 3.63) is 29.8 Å². The third-order valence-corrected chi connectivity index (χ3v) is 4.43. The maximum Gasteiger partial charge on any atom is 0.282 e. The third-order valence-electron chi connectivity index (χ3n) is 4.43. The van der Waals surface area contributed by atoms with Crippen LogP contribution in [-0.4, -0.2) is 18.0 Å². The summed E-state index contributed by atoms with van der Waals surface area (Å²) >= 11 is 0. The predicted molar refractivity (Wildman–Crippen MR) is 82.6 cm³/mol. The van der Waals surface area contributed by atoms with Gasteiger partial charge in [-0.25, -0.2) is 0 Å². The van der Waals surface area contributed by atoms with Crippen molar-refractivity contribution in [2.45, 2.75) is 51.6 Å². The summed E-state index contributed by atoms with van der Waals surface area (Å²) < 4.78 is 0. The number of amides is 1. The first-order valence-corrected chi connectivity index (χ1v) is 7.76. The largest absolute Gasteiger partial charge is 0.334 e. The average Bonchev–Trinajstić information content (AvgIpc) is 2.50. The SMILES string of the molecule is C[C@H]([NH2+][C@@H]1CCCC[C@@H]1C)C(=O)Nc1ccccc1C#N. The molecular formula is C17H24N3O+. The van der Waals surface area contributed by atoms with E-state index in [1.54, 1.807) is 18.2 Å². The van der Waals surface area contributed by atoms with Crippen molar-refractivity contribution in [1.82, 2.24) is 0 Å². The number of nitriles is 1. The number of nitrogens with two attached hydrogens (primary N) is 1. The van der Waals surface area contributed by atoms with Crippen LogP contribution in [0.5, 0.6) is 0 Å². The van der Waals surface area contributed by atoms with Crippen molar-refractivity contribution in [2.24, 2.45) is 5.92 Å². The van der Waals surface area contributed by atoms with Gasteiger partial charge in [-0.05, 0) is 38.3 Å². The van der Waals surface area contributed by atoms with Gasteiger partial charge in [-0.3, -0.25) is 4.79 Å². The number of quaternary nitrogens is 1. The molecule has 3 N–H and O–H groups in total. The molecule has 1 aromatic carbocycles. The van der Waals surface area contributed by atoms with Crippen LogP contribution in [0.2, 0.25) is 0 Å². The fourth-order valence-electron chi connectivity index (χ4n) is 3.03. The maximum absolute atomic E-state index is 12.3. The second kappa shape index (κ2) is 7.24. The number of para-hydroxylation sites is 1. The molecule has 1 aromatic rings. The Labute approximate surface area is 126 Å². The molecule has 21 heavy (non-hydrogen) atoms. The van der Waals surface area contributed by atoms with Crippen LogP contribution in [0.3, 0.4) is 0 Å². The summed E-state index contributed by atoms with van der Waals surface area (Å²) in [6.07, 6.45) is 5.01. The summed E-state index contributed by atoms with van der Waals surface area (Å²) in [5.41, 5.74) is 1.10. The Bertz CT molecular complexity index is 535. The number of nitrogens with zero attached hydrogens (tertiary/aromatic N) is 1. The van der Waals surface area contributed by atoms with Crippen LogP contribution >= 0.6 is 0 Å². The molecule has 1 aliphatic carbocycles. The number of anilines is 1. The molecule has 1 fully saturated rings. The highest BCUT2D eigenvalue weighted by atomic mass is 16.2. The second-order valence-electron chi connectivity index (χ2n) is 6.05. The van der Waals surface area contributed by atoms with Gasteiger partial charge in [0.15, 0.2) is 6.04 Å². The predicted octanol–water partition coefficient (Wildman–Crippen LogP) is 2.03. The highest BCUT2D eigenvalue weighted by molar-refractivity contribution is 5.94. The van der Waals surface area contributed by atoms with Gasteiger partial charge in [0.1, 0.15) is 6.07 Å². The highest BCUT2D eigenvalue weighted by Gasteiger charge is 2.28. The fraction of sp³-hybridized carbons (Fsp3) is 0.529. The Balaban J connectivity index is 1.95. The molecule has 0 unspecified atom stereocenters. The van der Waals surface area contributed by atoms with Gasteiger partial charge in [0, 0.05) is 5.92 Å². The number of carbonyl (C=O) groups is 1. The van der Waals surface area contributed by atoms with Gasteiger partial charge in [-0.1, -0.05) is 25.5 Å². The first kappa shape index (κ1) is 15.5. The summed E-state index contributed by atoms with van der Waals surface area (Å²) in [7, 11) is 0.